The van der Waals surface area contributed by atoms with Gasteiger partial charge in [-0.2, -0.15) is 0 Å². The van der Waals surface area contributed by atoms with E-state index in [1.165, 1.54) is 11.1 Å². The highest BCUT2D eigenvalue weighted by Gasteiger charge is 2.27. The Hall–Kier alpha value is -2.32. The van der Waals surface area contributed by atoms with Gasteiger partial charge in [-0.25, -0.2) is 9.59 Å². The monoisotopic (exact) mass is 562 g/mol. The van der Waals surface area contributed by atoms with Crippen molar-refractivity contribution < 1.29 is 28.9 Å². The third-order valence-electron chi connectivity index (χ3n) is 7.13. The number of carbonyl (C=O) groups excluding carboxylic acids is 2. The zero-order valence-corrected chi connectivity index (χ0v) is 26.0. The Bertz CT molecular complexity index is 874. The van der Waals surface area contributed by atoms with E-state index in [0.29, 0.717) is 18.4 Å². The third kappa shape index (κ3) is 13.8. The maximum atomic E-state index is 12.0. The lowest BCUT2D eigenvalue weighted by Gasteiger charge is -2.33. The van der Waals surface area contributed by atoms with Crippen LogP contribution in [0.25, 0.3) is 0 Å². The highest BCUT2D eigenvalue weighted by molar-refractivity contribution is 5.68. The molecule has 1 N–H and O–H groups in total. The number of carbonyl (C=O) groups is 2. The van der Waals surface area contributed by atoms with E-state index in [1.54, 1.807) is 4.90 Å². The zero-order chi connectivity index (χ0) is 29.8. The van der Waals surface area contributed by atoms with Crippen LogP contribution in [-0.2, 0) is 20.8 Å². The number of aryl methyl sites for hydroxylation is 1. The molecule has 0 unspecified atom stereocenters. The number of ether oxygens (including phenoxy) is 3. The molecule has 2 amide bonds. The van der Waals surface area contributed by atoms with Gasteiger partial charge in [0.05, 0.1) is 6.61 Å². The average molecular weight is 563 g/mol. The molecule has 2 heterocycles. The molecule has 228 valence electrons. The van der Waals surface area contributed by atoms with Crippen LogP contribution in [0.15, 0.2) is 24.3 Å². The van der Waals surface area contributed by atoms with Gasteiger partial charge in [0.25, 0.3) is 0 Å². The number of aliphatic hydroxyl groups is 1. The summed E-state index contributed by atoms with van der Waals surface area (Å²) in [6.45, 7) is 18.2. The second kappa shape index (κ2) is 16.2. The first-order valence-electron chi connectivity index (χ1n) is 15.0. The molecule has 3 rings (SSSR count). The number of piperidine rings is 2. The molecule has 2 aliphatic rings. The van der Waals surface area contributed by atoms with E-state index >= 15 is 0 Å². The molecular weight excluding hydrogens is 508 g/mol. The van der Waals surface area contributed by atoms with E-state index < -0.39 is 11.2 Å². The van der Waals surface area contributed by atoms with Crippen LogP contribution in [0.4, 0.5) is 9.59 Å². The maximum absolute atomic E-state index is 12.0. The maximum Gasteiger partial charge on any atom is 0.410 e. The van der Waals surface area contributed by atoms with Gasteiger partial charge in [0.2, 0.25) is 0 Å². The van der Waals surface area contributed by atoms with Crippen LogP contribution in [0.2, 0.25) is 0 Å². The molecule has 0 spiro atoms. The number of hydrogen-bond donors (Lipinski definition) is 1. The molecule has 0 atom stereocenters. The van der Waals surface area contributed by atoms with Crippen molar-refractivity contribution in [2.45, 2.75) is 105 Å². The number of hydrogen-bond acceptors (Lipinski definition) is 6. The lowest BCUT2D eigenvalue weighted by Crippen LogP contribution is -2.41. The molecule has 40 heavy (non-hydrogen) atoms. The Kier molecular flexibility index (Phi) is 13.7. The van der Waals surface area contributed by atoms with Gasteiger partial charge < -0.3 is 29.1 Å². The predicted molar refractivity (Wildman–Crippen MR) is 158 cm³/mol. The summed E-state index contributed by atoms with van der Waals surface area (Å²) in [5.74, 6) is 1.20. The first-order valence-corrected chi connectivity index (χ1v) is 15.0. The minimum Gasteiger partial charge on any atom is -0.444 e. The molecule has 8 heteroatoms. The number of amides is 2. The number of benzene rings is 1. The van der Waals surface area contributed by atoms with Crippen LogP contribution >= 0.6 is 0 Å². The lowest BCUT2D eigenvalue weighted by molar-refractivity contribution is 0.0158. The summed E-state index contributed by atoms with van der Waals surface area (Å²) in [6.07, 6.45) is 5.53. The third-order valence-corrected chi connectivity index (χ3v) is 7.13. The summed E-state index contributed by atoms with van der Waals surface area (Å²) >= 11 is 0. The molecule has 2 aliphatic heterocycles. The van der Waals surface area contributed by atoms with Gasteiger partial charge in [0.1, 0.15) is 11.2 Å². The first-order chi connectivity index (χ1) is 18.8. The SMILES string of the molecule is CC(C)(C)OC(=O)N1CCC(CCO)CC1.Cc1ccc(COCCC2CCN(C(=O)OC(C)(C)C)CC2)cc1. The van der Waals surface area contributed by atoms with Crippen LogP contribution in [-0.4, -0.2) is 77.7 Å². The standard InChI is InChI=1S/C20H31NO3.C12H23NO3/c1-16-5-7-18(8-6-16)15-23-14-11-17-9-12-21(13-10-17)19(22)24-20(2,3)4;1-12(2,3)16-11(15)13-7-4-10(5-8-13)6-9-14/h5-8,17H,9-15H2,1-4H3;10,14H,4-9H2,1-3H3. The van der Waals surface area contributed by atoms with Gasteiger partial charge in [0, 0.05) is 39.4 Å². The number of nitrogens with zero attached hydrogens (tertiary/aromatic N) is 2. The molecule has 0 bridgehead atoms. The Morgan fingerprint density at radius 3 is 1.60 bits per heavy atom. The van der Waals surface area contributed by atoms with E-state index in [0.717, 1.165) is 71.3 Å². The van der Waals surface area contributed by atoms with E-state index in [9.17, 15) is 9.59 Å². The van der Waals surface area contributed by atoms with Crippen molar-refractivity contribution in [1.82, 2.24) is 9.80 Å². The fraction of sp³-hybridized carbons (Fsp3) is 0.750. The predicted octanol–water partition coefficient (Wildman–Crippen LogP) is 6.56. The molecule has 2 fully saturated rings. The average Bonchev–Trinajstić information content (AvgIpc) is 2.87. The van der Waals surface area contributed by atoms with Crippen LogP contribution in [0.1, 0.15) is 91.2 Å². The minimum atomic E-state index is -0.419. The van der Waals surface area contributed by atoms with Crippen molar-refractivity contribution in [3.05, 3.63) is 35.4 Å². The normalized spacial score (nSPS) is 17.2. The van der Waals surface area contributed by atoms with Crippen molar-refractivity contribution in [1.29, 1.82) is 0 Å². The minimum absolute atomic E-state index is 0.184. The van der Waals surface area contributed by atoms with Gasteiger partial charge >= 0.3 is 12.2 Å². The van der Waals surface area contributed by atoms with E-state index in [2.05, 4.69) is 31.2 Å². The zero-order valence-electron chi connectivity index (χ0n) is 26.0. The number of likely N-dealkylation sites (tertiary alicyclic amines) is 2. The highest BCUT2D eigenvalue weighted by atomic mass is 16.6. The second-order valence-electron chi connectivity index (χ2n) is 13.2. The van der Waals surface area contributed by atoms with Crippen molar-refractivity contribution in [3.63, 3.8) is 0 Å². The molecular formula is C32H54N2O6. The summed E-state index contributed by atoms with van der Waals surface area (Å²) in [5, 5.41) is 8.84. The largest absolute Gasteiger partial charge is 0.444 e. The molecule has 1 aromatic rings. The summed E-state index contributed by atoms with van der Waals surface area (Å²) in [7, 11) is 0. The van der Waals surface area contributed by atoms with Crippen molar-refractivity contribution >= 4 is 12.2 Å². The van der Waals surface area contributed by atoms with Gasteiger partial charge in [0.15, 0.2) is 0 Å². The highest BCUT2D eigenvalue weighted by Crippen LogP contribution is 2.23. The van der Waals surface area contributed by atoms with Crippen LogP contribution in [0.5, 0.6) is 0 Å². The number of rotatable bonds is 7. The van der Waals surface area contributed by atoms with Gasteiger partial charge in [-0.1, -0.05) is 29.8 Å². The quantitative estimate of drug-likeness (QED) is 0.379. The van der Waals surface area contributed by atoms with Crippen LogP contribution < -0.4 is 0 Å². The van der Waals surface area contributed by atoms with Crippen molar-refractivity contribution in [2.24, 2.45) is 11.8 Å². The topological polar surface area (TPSA) is 88.5 Å². The Balaban J connectivity index is 0.000000305. The van der Waals surface area contributed by atoms with Crippen LogP contribution in [0, 0.1) is 18.8 Å². The summed E-state index contributed by atoms with van der Waals surface area (Å²) in [5.41, 5.74) is 1.66. The lowest BCUT2D eigenvalue weighted by atomic mass is 9.94. The molecule has 8 nitrogen and oxygen atoms in total. The van der Waals surface area contributed by atoms with Crippen molar-refractivity contribution in [2.75, 3.05) is 39.4 Å². The number of aliphatic hydroxyl groups excluding tert-OH is 1. The molecule has 0 aliphatic carbocycles. The molecule has 0 radical (unpaired) electrons. The molecule has 1 aromatic carbocycles. The smallest absolute Gasteiger partial charge is 0.410 e. The summed E-state index contributed by atoms with van der Waals surface area (Å²) in [4.78, 5) is 27.4. The van der Waals surface area contributed by atoms with E-state index in [1.807, 2.05) is 46.4 Å². The molecule has 0 saturated carbocycles. The van der Waals surface area contributed by atoms with Crippen molar-refractivity contribution in [3.8, 4) is 0 Å². The molecule has 2 saturated heterocycles. The second-order valence-corrected chi connectivity index (χ2v) is 13.2. The van der Waals surface area contributed by atoms with Gasteiger partial charge in [-0.3, -0.25) is 0 Å². The van der Waals surface area contributed by atoms with E-state index in [-0.39, 0.29) is 18.8 Å². The first kappa shape index (κ1) is 33.9. The fourth-order valence-corrected chi connectivity index (χ4v) is 4.77. The van der Waals surface area contributed by atoms with Crippen LogP contribution in [0.3, 0.4) is 0 Å². The summed E-state index contributed by atoms with van der Waals surface area (Å²) < 4.78 is 16.5. The fourth-order valence-electron chi connectivity index (χ4n) is 4.77. The summed E-state index contributed by atoms with van der Waals surface area (Å²) in [6, 6.07) is 8.47. The van der Waals surface area contributed by atoms with E-state index in [4.69, 9.17) is 19.3 Å². The Morgan fingerprint density at radius 1 is 0.775 bits per heavy atom. The molecule has 0 aromatic heterocycles. The Morgan fingerprint density at radius 2 is 1.20 bits per heavy atom. The Labute approximate surface area is 242 Å². The van der Waals surface area contributed by atoms with Gasteiger partial charge in [-0.15, -0.1) is 0 Å². The van der Waals surface area contributed by atoms with Gasteiger partial charge in [-0.05, 0) is 104 Å².